The summed E-state index contributed by atoms with van der Waals surface area (Å²) >= 11 is 0. The van der Waals surface area contributed by atoms with Gasteiger partial charge < -0.3 is 0 Å². The van der Waals surface area contributed by atoms with Crippen molar-refractivity contribution >= 4 is 0 Å². The second-order valence-electron chi connectivity index (χ2n) is 7.79. The maximum atomic E-state index is 5.49. The lowest BCUT2D eigenvalue weighted by molar-refractivity contribution is 0.432. The third-order valence-electron chi connectivity index (χ3n) is 4.68. The SMILES string of the molecule is C#CC(=C)CC(C#C)CCC(=C)C.C#CC1(C)CCC(CC(=C)C)C1. The van der Waals surface area contributed by atoms with Crippen LogP contribution < -0.4 is 0 Å². The first-order valence-electron chi connectivity index (χ1n) is 9.02. The van der Waals surface area contributed by atoms with Crippen LogP contribution >= 0.6 is 0 Å². The molecule has 0 amide bonds. The fourth-order valence-corrected chi connectivity index (χ4v) is 3.18. The minimum Gasteiger partial charge on any atom is -0.120 e. The van der Waals surface area contributed by atoms with Crippen molar-refractivity contribution in [3.8, 4) is 37.0 Å². The van der Waals surface area contributed by atoms with E-state index in [-0.39, 0.29) is 11.3 Å². The molecule has 1 aliphatic rings. The second-order valence-corrected chi connectivity index (χ2v) is 7.79. The molecule has 1 fully saturated rings. The molecule has 25 heavy (non-hydrogen) atoms. The number of allylic oxidation sites excluding steroid dienone is 3. The van der Waals surface area contributed by atoms with Gasteiger partial charge in [-0.3, -0.25) is 0 Å². The fourth-order valence-electron chi connectivity index (χ4n) is 3.18. The summed E-state index contributed by atoms with van der Waals surface area (Å²) in [6, 6.07) is 0. The van der Waals surface area contributed by atoms with Crippen LogP contribution in [0.5, 0.6) is 0 Å². The summed E-state index contributed by atoms with van der Waals surface area (Å²) in [6.07, 6.45) is 23.5. The number of terminal acetylenes is 3. The van der Waals surface area contributed by atoms with Gasteiger partial charge in [0.25, 0.3) is 0 Å². The van der Waals surface area contributed by atoms with Gasteiger partial charge in [0.1, 0.15) is 0 Å². The lowest BCUT2D eigenvalue weighted by Crippen LogP contribution is -2.08. The van der Waals surface area contributed by atoms with Crippen LogP contribution in [0, 0.1) is 54.3 Å². The Kier molecular flexibility index (Phi) is 10.5. The Labute approximate surface area is 156 Å². The van der Waals surface area contributed by atoms with Crippen molar-refractivity contribution < 1.29 is 0 Å². The molecule has 0 saturated heterocycles. The molecule has 0 heterocycles. The van der Waals surface area contributed by atoms with Gasteiger partial charge in [0.2, 0.25) is 0 Å². The van der Waals surface area contributed by atoms with Gasteiger partial charge >= 0.3 is 0 Å². The molecule has 1 saturated carbocycles. The zero-order chi connectivity index (χ0) is 19.5. The molecule has 0 aromatic heterocycles. The molecular formula is C25H34. The predicted molar refractivity (Wildman–Crippen MR) is 113 cm³/mol. The molecule has 3 unspecified atom stereocenters. The smallest absolute Gasteiger partial charge is 0.0286 e. The van der Waals surface area contributed by atoms with E-state index in [2.05, 4.69) is 51.3 Å². The average molecular weight is 335 g/mol. The van der Waals surface area contributed by atoms with Gasteiger partial charge in [-0.2, -0.15) is 0 Å². The number of hydrogen-bond donors (Lipinski definition) is 0. The molecule has 0 spiro atoms. The molecule has 0 aromatic rings. The van der Waals surface area contributed by atoms with E-state index < -0.39 is 0 Å². The van der Waals surface area contributed by atoms with Crippen LogP contribution in [-0.4, -0.2) is 0 Å². The third kappa shape index (κ3) is 10.4. The first-order valence-corrected chi connectivity index (χ1v) is 9.02. The van der Waals surface area contributed by atoms with E-state index in [1.807, 2.05) is 6.92 Å². The monoisotopic (exact) mass is 334 g/mol. The van der Waals surface area contributed by atoms with E-state index in [1.54, 1.807) is 0 Å². The largest absolute Gasteiger partial charge is 0.120 e. The van der Waals surface area contributed by atoms with Crippen LogP contribution in [0.2, 0.25) is 0 Å². The molecule has 0 aromatic carbocycles. The fraction of sp³-hybridized carbons (Fsp3) is 0.520. The minimum atomic E-state index is 0.181. The molecule has 0 heteroatoms. The molecule has 0 nitrogen and oxygen atoms in total. The highest BCUT2D eigenvalue weighted by atomic mass is 14.4. The zero-order valence-corrected chi connectivity index (χ0v) is 16.5. The van der Waals surface area contributed by atoms with Gasteiger partial charge in [-0.1, -0.05) is 23.6 Å². The standard InChI is InChI=1S/C13H16.C12H18/c1-6-12(5)10-13(7-2)9-8-11(3)4;1-5-12(4)7-6-11(9-12)8-10(2)3/h1-2,13H,3,5,8-10H2,4H3;1,11H,2,6-9H2,3-4H3. The first kappa shape index (κ1) is 22.9. The summed E-state index contributed by atoms with van der Waals surface area (Å²) in [7, 11) is 0. The van der Waals surface area contributed by atoms with E-state index in [9.17, 15) is 0 Å². The van der Waals surface area contributed by atoms with Crippen LogP contribution in [0.4, 0.5) is 0 Å². The maximum absolute atomic E-state index is 5.49. The summed E-state index contributed by atoms with van der Waals surface area (Å²) in [4.78, 5) is 0. The van der Waals surface area contributed by atoms with E-state index in [0.29, 0.717) is 0 Å². The molecule has 0 bridgehead atoms. The third-order valence-corrected chi connectivity index (χ3v) is 4.68. The lowest BCUT2D eigenvalue weighted by atomic mass is 9.88. The highest BCUT2D eigenvalue weighted by Gasteiger charge is 2.32. The Morgan fingerprint density at radius 2 is 1.80 bits per heavy atom. The van der Waals surface area contributed by atoms with E-state index in [1.165, 1.54) is 24.8 Å². The Balaban J connectivity index is 0.000000462. The molecule has 0 aliphatic heterocycles. The summed E-state index contributed by atoms with van der Waals surface area (Å²) in [5, 5.41) is 0. The van der Waals surface area contributed by atoms with Crippen molar-refractivity contribution in [3.05, 3.63) is 36.5 Å². The molecule has 0 radical (unpaired) electrons. The van der Waals surface area contributed by atoms with E-state index in [0.717, 1.165) is 42.7 Å². The normalized spacial score (nSPS) is 22.3. The number of hydrogen-bond acceptors (Lipinski definition) is 0. The van der Waals surface area contributed by atoms with Crippen LogP contribution in [0.1, 0.15) is 65.7 Å². The van der Waals surface area contributed by atoms with Crippen molar-refractivity contribution in [3.63, 3.8) is 0 Å². The van der Waals surface area contributed by atoms with Crippen molar-refractivity contribution in [1.29, 1.82) is 0 Å². The van der Waals surface area contributed by atoms with Crippen molar-refractivity contribution in [2.24, 2.45) is 17.3 Å². The summed E-state index contributed by atoms with van der Waals surface area (Å²) in [5.41, 5.74) is 3.41. The topological polar surface area (TPSA) is 0 Å². The highest BCUT2D eigenvalue weighted by molar-refractivity contribution is 5.23. The second kappa shape index (κ2) is 11.5. The molecule has 1 rings (SSSR count). The maximum Gasteiger partial charge on any atom is 0.0286 e. The van der Waals surface area contributed by atoms with Gasteiger partial charge in [0.05, 0.1) is 0 Å². The summed E-state index contributed by atoms with van der Waals surface area (Å²) < 4.78 is 0. The Hall–Kier alpha value is -2.10. The van der Waals surface area contributed by atoms with Crippen LogP contribution in [0.3, 0.4) is 0 Å². The lowest BCUT2D eigenvalue weighted by Gasteiger charge is -2.16. The highest BCUT2D eigenvalue weighted by Crippen LogP contribution is 2.43. The molecule has 3 atom stereocenters. The van der Waals surface area contributed by atoms with Gasteiger partial charge in [0, 0.05) is 11.3 Å². The van der Waals surface area contributed by atoms with Crippen molar-refractivity contribution in [2.75, 3.05) is 0 Å². The molecule has 134 valence electrons. The van der Waals surface area contributed by atoms with Crippen LogP contribution in [0.15, 0.2) is 36.5 Å². The Morgan fingerprint density at radius 3 is 2.20 bits per heavy atom. The first-order chi connectivity index (χ1) is 11.7. The van der Waals surface area contributed by atoms with Gasteiger partial charge in [-0.25, -0.2) is 0 Å². The molecule has 1 aliphatic carbocycles. The minimum absolute atomic E-state index is 0.181. The molecular weight excluding hydrogens is 300 g/mol. The van der Waals surface area contributed by atoms with Crippen molar-refractivity contribution in [1.82, 2.24) is 0 Å². The summed E-state index contributed by atoms with van der Waals surface area (Å²) in [5.74, 6) is 9.15. The van der Waals surface area contributed by atoms with Gasteiger partial charge in [-0.15, -0.1) is 44.3 Å². The van der Waals surface area contributed by atoms with E-state index >= 15 is 0 Å². The quantitative estimate of drug-likeness (QED) is 0.365. The van der Waals surface area contributed by atoms with E-state index in [4.69, 9.17) is 19.3 Å². The Morgan fingerprint density at radius 1 is 1.16 bits per heavy atom. The number of rotatable bonds is 7. The zero-order valence-electron chi connectivity index (χ0n) is 16.5. The summed E-state index contributed by atoms with van der Waals surface area (Å²) in [6.45, 7) is 17.8. The average Bonchev–Trinajstić information content (AvgIpc) is 2.92. The Bertz CT molecular complexity index is 595. The van der Waals surface area contributed by atoms with Crippen LogP contribution in [0.25, 0.3) is 0 Å². The molecule has 0 N–H and O–H groups in total. The van der Waals surface area contributed by atoms with Gasteiger partial charge in [0.15, 0.2) is 0 Å². The van der Waals surface area contributed by atoms with Gasteiger partial charge in [-0.05, 0) is 77.2 Å². The van der Waals surface area contributed by atoms with Crippen LogP contribution in [-0.2, 0) is 0 Å². The van der Waals surface area contributed by atoms with Crippen molar-refractivity contribution in [2.45, 2.75) is 65.7 Å². The predicted octanol–water partition coefficient (Wildman–Crippen LogP) is 6.56.